The third-order valence-corrected chi connectivity index (χ3v) is 2.60. The van der Waals surface area contributed by atoms with Gasteiger partial charge in [-0.3, -0.25) is 0 Å². The summed E-state index contributed by atoms with van der Waals surface area (Å²) in [5.41, 5.74) is 5.24. The highest BCUT2D eigenvalue weighted by Crippen LogP contribution is 2.28. The number of aromatic carboxylic acids is 1. The predicted molar refractivity (Wildman–Crippen MR) is 63.1 cm³/mol. The number of carboxylic acids is 1. The number of carboxylic acid groups (broad SMARTS) is 1. The SMILES string of the molecule is Nc1cc(-c2cc(F)c(F)cc2F)ccc1C(=O)O. The average molecular weight is 267 g/mol. The molecule has 0 fully saturated rings. The van der Waals surface area contributed by atoms with Gasteiger partial charge in [0.1, 0.15) is 5.82 Å². The third kappa shape index (κ3) is 2.37. The highest BCUT2D eigenvalue weighted by atomic mass is 19.2. The Hall–Kier alpha value is -2.50. The van der Waals surface area contributed by atoms with Gasteiger partial charge >= 0.3 is 5.97 Å². The normalized spacial score (nSPS) is 10.5. The summed E-state index contributed by atoms with van der Waals surface area (Å²) >= 11 is 0. The van der Waals surface area contributed by atoms with Crippen molar-refractivity contribution in [2.45, 2.75) is 0 Å². The molecule has 0 bridgehead atoms. The lowest BCUT2D eigenvalue weighted by molar-refractivity contribution is 0.0698. The lowest BCUT2D eigenvalue weighted by Gasteiger charge is -2.07. The van der Waals surface area contributed by atoms with Crippen LogP contribution in [0.15, 0.2) is 30.3 Å². The van der Waals surface area contributed by atoms with Gasteiger partial charge in [0.25, 0.3) is 0 Å². The summed E-state index contributed by atoms with van der Waals surface area (Å²) in [4.78, 5) is 10.8. The van der Waals surface area contributed by atoms with Crippen molar-refractivity contribution in [1.82, 2.24) is 0 Å². The monoisotopic (exact) mass is 267 g/mol. The Bertz CT molecular complexity index is 671. The minimum Gasteiger partial charge on any atom is -0.478 e. The van der Waals surface area contributed by atoms with Crippen LogP contribution in [0.2, 0.25) is 0 Å². The van der Waals surface area contributed by atoms with Gasteiger partial charge in [-0.2, -0.15) is 0 Å². The molecule has 0 unspecified atom stereocenters. The first kappa shape index (κ1) is 12.9. The number of rotatable bonds is 2. The first-order valence-electron chi connectivity index (χ1n) is 5.18. The molecule has 0 radical (unpaired) electrons. The van der Waals surface area contributed by atoms with Gasteiger partial charge in [-0.1, -0.05) is 6.07 Å². The maximum absolute atomic E-state index is 13.5. The van der Waals surface area contributed by atoms with E-state index in [0.717, 1.165) is 0 Å². The molecule has 0 amide bonds. The van der Waals surface area contributed by atoms with Crippen LogP contribution < -0.4 is 5.73 Å². The molecule has 0 saturated heterocycles. The number of anilines is 1. The molecule has 3 nitrogen and oxygen atoms in total. The van der Waals surface area contributed by atoms with Crippen molar-refractivity contribution in [1.29, 1.82) is 0 Å². The molecule has 0 aliphatic rings. The molecular formula is C13H8F3NO2. The fraction of sp³-hybridized carbons (Fsp3) is 0. The van der Waals surface area contributed by atoms with Gasteiger partial charge < -0.3 is 10.8 Å². The van der Waals surface area contributed by atoms with Gasteiger partial charge in [0.15, 0.2) is 11.6 Å². The van der Waals surface area contributed by atoms with Crippen molar-refractivity contribution < 1.29 is 23.1 Å². The van der Waals surface area contributed by atoms with E-state index >= 15 is 0 Å². The van der Waals surface area contributed by atoms with Crippen molar-refractivity contribution in [3.63, 3.8) is 0 Å². The molecule has 2 aromatic rings. The van der Waals surface area contributed by atoms with Crippen molar-refractivity contribution in [3.8, 4) is 11.1 Å². The molecular weight excluding hydrogens is 259 g/mol. The number of carbonyl (C=O) groups is 1. The van der Waals surface area contributed by atoms with E-state index in [1.54, 1.807) is 0 Å². The molecule has 98 valence electrons. The number of hydrogen-bond acceptors (Lipinski definition) is 2. The summed E-state index contributed by atoms with van der Waals surface area (Å²) in [6.07, 6.45) is 0. The van der Waals surface area contributed by atoms with Crippen LogP contribution in [0.25, 0.3) is 11.1 Å². The lowest BCUT2D eigenvalue weighted by Crippen LogP contribution is -2.02. The first-order chi connectivity index (χ1) is 8.90. The summed E-state index contributed by atoms with van der Waals surface area (Å²) in [6.45, 7) is 0. The summed E-state index contributed by atoms with van der Waals surface area (Å²) in [6, 6.07) is 4.76. The van der Waals surface area contributed by atoms with E-state index in [2.05, 4.69) is 0 Å². The van der Waals surface area contributed by atoms with Gasteiger partial charge in [-0.05, 0) is 23.8 Å². The van der Waals surface area contributed by atoms with E-state index in [-0.39, 0.29) is 22.4 Å². The Morgan fingerprint density at radius 3 is 2.21 bits per heavy atom. The quantitative estimate of drug-likeness (QED) is 0.649. The standard InChI is InChI=1S/C13H8F3NO2/c14-9-5-11(16)10(15)4-8(9)6-1-2-7(13(18)19)12(17)3-6/h1-5H,17H2,(H,18,19). The van der Waals surface area contributed by atoms with Crippen molar-refractivity contribution >= 4 is 11.7 Å². The minimum absolute atomic E-state index is 0.0888. The minimum atomic E-state index is -1.30. The van der Waals surface area contributed by atoms with E-state index in [0.29, 0.717) is 12.1 Å². The average Bonchev–Trinajstić information content (AvgIpc) is 2.33. The molecule has 0 aromatic heterocycles. The molecule has 0 aliphatic heterocycles. The summed E-state index contributed by atoms with van der Waals surface area (Å²) in [7, 11) is 0. The van der Waals surface area contributed by atoms with E-state index < -0.39 is 23.4 Å². The smallest absolute Gasteiger partial charge is 0.337 e. The molecule has 3 N–H and O–H groups in total. The van der Waals surface area contributed by atoms with Gasteiger partial charge in [-0.25, -0.2) is 18.0 Å². The van der Waals surface area contributed by atoms with Crippen LogP contribution in [0, 0.1) is 17.5 Å². The Balaban J connectivity index is 2.57. The molecule has 0 spiro atoms. The van der Waals surface area contributed by atoms with Crippen LogP contribution in [0.5, 0.6) is 0 Å². The van der Waals surface area contributed by atoms with Crippen LogP contribution in [0.4, 0.5) is 18.9 Å². The van der Waals surface area contributed by atoms with Crippen LogP contribution in [0.3, 0.4) is 0 Å². The topological polar surface area (TPSA) is 63.3 Å². The largest absolute Gasteiger partial charge is 0.478 e. The van der Waals surface area contributed by atoms with E-state index in [4.69, 9.17) is 10.8 Å². The highest BCUT2D eigenvalue weighted by Gasteiger charge is 2.14. The van der Waals surface area contributed by atoms with Crippen molar-refractivity contribution in [2.75, 3.05) is 5.73 Å². The van der Waals surface area contributed by atoms with E-state index in [1.165, 1.54) is 18.2 Å². The Kier molecular flexibility index (Phi) is 3.16. The molecule has 0 atom stereocenters. The maximum Gasteiger partial charge on any atom is 0.337 e. The Labute approximate surface area is 106 Å². The molecule has 0 aliphatic carbocycles. The summed E-state index contributed by atoms with van der Waals surface area (Å²) in [5, 5.41) is 8.80. The fourth-order valence-electron chi connectivity index (χ4n) is 1.67. The van der Waals surface area contributed by atoms with Gasteiger partial charge in [0.05, 0.1) is 5.56 Å². The fourth-order valence-corrected chi connectivity index (χ4v) is 1.67. The number of nitrogens with two attached hydrogens (primary N) is 1. The molecule has 6 heteroatoms. The lowest BCUT2D eigenvalue weighted by atomic mass is 10.0. The van der Waals surface area contributed by atoms with Crippen molar-refractivity contribution in [2.24, 2.45) is 0 Å². The third-order valence-electron chi connectivity index (χ3n) is 2.60. The molecule has 19 heavy (non-hydrogen) atoms. The zero-order chi connectivity index (χ0) is 14.2. The first-order valence-corrected chi connectivity index (χ1v) is 5.18. The van der Waals surface area contributed by atoms with Gasteiger partial charge in [-0.15, -0.1) is 0 Å². The summed E-state index contributed by atoms with van der Waals surface area (Å²) in [5.74, 6) is -4.68. The van der Waals surface area contributed by atoms with E-state index in [9.17, 15) is 18.0 Å². The number of benzene rings is 2. The Morgan fingerprint density at radius 2 is 1.63 bits per heavy atom. The van der Waals surface area contributed by atoms with Crippen LogP contribution in [0.1, 0.15) is 10.4 Å². The second-order valence-electron chi connectivity index (χ2n) is 3.85. The maximum atomic E-state index is 13.5. The highest BCUT2D eigenvalue weighted by molar-refractivity contribution is 5.94. The zero-order valence-corrected chi connectivity index (χ0v) is 9.45. The molecule has 0 saturated carbocycles. The zero-order valence-electron chi connectivity index (χ0n) is 9.45. The van der Waals surface area contributed by atoms with E-state index in [1.807, 2.05) is 0 Å². The van der Waals surface area contributed by atoms with Crippen molar-refractivity contribution in [3.05, 3.63) is 53.3 Å². The molecule has 2 aromatic carbocycles. The van der Waals surface area contributed by atoms with Crippen LogP contribution >= 0.6 is 0 Å². The Morgan fingerprint density at radius 1 is 1.00 bits per heavy atom. The second-order valence-corrected chi connectivity index (χ2v) is 3.85. The number of nitrogen functional groups attached to an aromatic ring is 1. The number of hydrogen-bond donors (Lipinski definition) is 2. The molecule has 2 rings (SSSR count). The predicted octanol–water partition coefficient (Wildman–Crippen LogP) is 3.05. The van der Waals surface area contributed by atoms with Gasteiger partial charge in [0, 0.05) is 17.3 Å². The van der Waals surface area contributed by atoms with Crippen LogP contribution in [-0.4, -0.2) is 11.1 Å². The van der Waals surface area contributed by atoms with Gasteiger partial charge in [0.2, 0.25) is 0 Å². The molecule has 0 heterocycles. The summed E-state index contributed by atoms with van der Waals surface area (Å²) < 4.78 is 39.4. The second kappa shape index (κ2) is 4.64. The van der Waals surface area contributed by atoms with Crippen LogP contribution in [-0.2, 0) is 0 Å². The number of halogens is 3.